The van der Waals surface area contributed by atoms with Gasteiger partial charge in [-0.2, -0.15) is 0 Å². The Morgan fingerprint density at radius 3 is 2.88 bits per heavy atom. The zero-order valence-corrected chi connectivity index (χ0v) is 9.85. The van der Waals surface area contributed by atoms with Crippen molar-refractivity contribution in [1.29, 1.82) is 0 Å². The summed E-state index contributed by atoms with van der Waals surface area (Å²) in [5.74, 6) is -0.622. The Bertz CT molecular complexity index is 587. The minimum absolute atomic E-state index is 0.00908. The summed E-state index contributed by atoms with van der Waals surface area (Å²) in [6, 6.07) is -0.425. The second-order valence-electron chi connectivity index (χ2n) is 3.60. The molecule has 1 aliphatic heterocycles. The maximum atomic E-state index is 11.3. The molecule has 1 aromatic heterocycles. The van der Waals surface area contributed by atoms with Crippen LogP contribution in [-0.4, -0.2) is 36.8 Å². The van der Waals surface area contributed by atoms with Gasteiger partial charge in [-0.1, -0.05) is 0 Å². The minimum Gasteiger partial charge on any atom is -0.464 e. The van der Waals surface area contributed by atoms with Gasteiger partial charge in [0.1, 0.15) is 5.82 Å². The number of nitrogens with zero attached hydrogens (tertiary/aromatic N) is 2. The average molecular weight is 257 g/mol. The Labute approximate surface area is 97.8 Å². The number of allylic oxidation sites excluding steroid dienone is 1. The van der Waals surface area contributed by atoms with Crippen LogP contribution in [0.25, 0.3) is 0 Å². The fraction of sp³-hybridized carbons (Fsp3) is 0.333. The number of ether oxygens (including phenoxy) is 1. The van der Waals surface area contributed by atoms with E-state index in [-0.39, 0.29) is 17.3 Å². The number of carbonyl (C=O) groups excluding carboxylic acids is 1. The molecule has 1 aliphatic rings. The molecule has 0 radical (unpaired) electrons. The lowest BCUT2D eigenvalue weighted by molar-refractivity contribution is 0.0596. The number of aromatic nitrogens is 2. The third-order valence-corrected chi connectivity index (χ3v) is 3.86. The first-order valence-corrected chi connectivity index (χ1v) is 6.48. The van der Waals surface area contributed by atoms with Crippen LogP contribution in [0.2, 0.25) is 0 Å². The Kier molecular flexibility index (Phi) is 2.66. The fourth-order valence-corrected chi connectivity index (χ4v) is 2.90. The van der Waals surface area contributed by atoms with Crippen LogP contribution < -0.4 is 5.73 Å². The van der Waals surface area contributed by atoms with Crippen LogP contribution in [-0.2, 0) is 14.6 Å². The van der Waals surface area contributed by atoms with Gasteiger partial charge in [0.2, 0.25) is 0 Å². The standard InChI is InChI=1S/C9H11N3O4S/c1-16-9(13)7-8(10)12(5-11-7)6-2-3-17(14,15)4-6/h2-3,5-6H,4,10H2,1H3. The summed E-state index contributed by atoms with van der Waals surface area (Å²) < 4.78 is 28.5. The predicted octanol–water partition coefficient (Wildman–Crippen LogP) is -0.265. The summed E-state index contributed by atoms with van der Waals surface area (Å²) >= 11 is 0. The van der Waals surface area contributed by atoms with E-state index in [9.17, 15) is 13.2 Å². The zero-order valence-electron chi connectivity index (χ0n) is 9.03. The third kappa shape index (κ3) is 2.03. The van der Waals surface area contributed by atoms with E-state index in [1.165, 1.54) is 24.1 Å². The van der Waals surface area contributed by atoms with Crippen LogP contribution in [0, 0.1) is 0 Å². The van der Waals surface area contributed by atoms with Crippen LogP contribution in [0.3, 0.4) is 0 Å². The number of hydrogen-bond acceptors (Lipinski definition) is 6. The number of carbonyl (C=O) groups is 1. The monoisotopic (exact) mass is 257 g/mol. The molecule has 0 saturated carbocycles. The van der Waals surface area contributed by atoms with E-state index in [4.69, 9.17) is 5.73 Å². The van der Waals surface area contributed by atoms with E-state index < -0.39 is 21.8 Å². The molecule has 1 aromatic rings. The first-order valence-electron chi connectivity index (χ1n) is 4.76. The van der Waals surface area contributed by atoms with E-state index in [1.807, 2.05) is 0 Å². The van der Waals surface area contributed by atoms with E-state index in [2.05, 4.69) is 9.72 Å². The molecule has 7 nitrogen and oxygen atoms in total. The van der Waals surface area contributed by atoms with Crippen LogP contribution in [0.1, 0.15) is 16.5 Å². The van der Waals surface area contributed by atoms with Crippen molar-refractivity contribution in [3.05, 3.63) is 23.5 Å². The number of esters is 1. The van der Waals surface area contributed by atoms with Gasteiger partial charge in [0.15, 0.2) is 15.5 Å². The van der Waals surface area contributed by atoms with Gasteiger partial charge >= 0.3 is 5.97 Å². The number of rotatable bonds is 2. The van der Waals surface area contributed by atoms with Crippen molar-refractivity contribution in [2.75, 3.05) is 18.6 Å². The molecular weight excluding hydrogens is 246 g/mol. The van der Waals surface area contributed by atoms with Crippen molar-refractivity contribution in [2.45, 2.75) is 6.04 Å². The van der Waals surface area contributed by atoms with Crippen LogP contribution in [0.15, 0.2) is 17.8 Å². The number of anilines is 1. The Morgan fingerprint density at radius 2 is 2.35 bits per heavy atom. The van der Waals surface area contributed by atoms with Crippen LogP contribution in [0.5, 0.6) is 0 Å². The van der Waals surface area contributed by atoms with Gasteiger partial charge < -0.3 is 15.0 Å². The molecule has 0 aliphatic carbocycles. The lowest BCUT2D eigenvalue weighted by Gasteiger charge is -2.10. The molecule has 0 amide bonds. The lowest BCUT2D eigenvalue weighted by Crippen LogP contribution is -2.14. The Hall–Kier alpha value is -1.83. The lowest BCUT2D eigenvalue weighted by atomic mass is 10.3. The number of nitrogen functional groups attached to an aromatic ring is 1. The molecular formula is C9H11N3O4S. The number of imidazole rings is 1. The van der Waals surface area contributed by atoms with Crippen molar-refractivity contribution >= 4 is 21.6 Å². The molecule has 2 heterocycles. The summed E-state index contributed by atoms with van der Waals surface area (Å²) in [7, 11) is -1.95. The molecule has 1 unspecified atom stereocenters. The first-order chi connectivity index (χ1) is 7.94. The van der Waals surface area contributed by atoms with Crippen molar-refractivity contribution in [1.82, 2.24) is 9.55 Å². The summed E-state index contributed by atoms with van der Waals surface area (Å²) in [6.45, 7) is 0. The fourth-order valence-electron chi connectivity index (χ4n) is 1.62. The summed E-state index contributed by atoms with van der Waals surface area (Å²) in [4.78, 5) is 15.1. The molecule has 0 saturated heterocycles. The van der Waals surface area contributed by atoms with E-state index >= 15 is 0 Å². The Balaban J connectivity index is 2.34. The zero-order chi connectivity index (χ0) is 12.6. The SMILES string of the molecule is COC(=O)c1ncn(C2C=CS(=O)(=O)C2)c1N. The summed E-state index contributed by atoms with van der Waals surface area (Å²) in [5.41, 5.74) is 5.71. The molecule has 1 atom stereocenters. The topological polar surface area (TPSA) is 104 Å². The average Bonchev–Trinajstić information content (AvgIpc) is 2.80. The van der Waals surface area contributed by atoms with Crippen LogP contribution in [0.4, 0.5) is 5.82 Å². The first kappa shape index (κ1) is 11.6. The van der Waals surface area contributed by atoms with Gasteiger partial charge in [0.05, 0.1) is 25.2 Å². The molecule has 17 heavy (non-hydrogen) atoms. The highest BCUT2D eigenvalue weighted by atomic mass is 32.2. The van der Waals surface area contributed by atoms with Crippen LogP contribution >= 0.6 is 0 Å². The number of methoxy groups -OCH3 is 1. The molecule has 92 valence electrons. The highest BCUT2D eigenvalue weighted by Crippen LogP contribution is 2.24. The summed E-state index contributed by atoms with van der Waals surface area (Å²) in [5, 5.41) is 1.13. The highest BCUT2D eigenvalue weighted by molar-refractivity contribution is 7.94. The third-order valence-electron chi connectivity index (χ3n) is 2.48. The molecule has 2 rings (SSSR count). The second kappa shape index (κ2) is 3.88. The van der Waals surface area contributed by atoms with E-state index in [0.29, 0.717) is 0 Å². The van der Waals surface area contributed by atoms with Gasteiger partial charge in [-0.3, -0.25) is 0 Å². The van der Waals surface area contributed by atoms with Crippen molar-refractivity contribution < 1.29 is 17.9 Å². The second-order valence-corrected chi connectivity index (χ2v) is 5.53. The molecule has 0 bridgehead atoms. The molecule has 0 spiro atoms. The smallest absolute Gasteiger partial charge is 0.360 e. The van der Waals surface area contributed by atoms with Gasteiger partial charge in [-0.05, 0) is 6.08 Å². The van der Waals surface area contributed by atoms with Gasteiger partial charge in [-0.25, -0.2) is 18.2 Å². The normalized spacial score (nSPS) is 21.6. The van der Waals surface area contributed by atoms with Crippen molar-refractivity contribution in [3.63, 3.8) is 0 Å². The number of hydrogen-bond donors (Lipinski definition) is 1. The molecule has 0 aromatic carbocycles. The van der Waals surface area contributed by atoms with Crippen molar-refractivity contribution in [3.8, 4) is 0 Å². The summed E-state index contributed by atoms with van der Waals surface area (Å²) in [6.07, 6.45) is 2.84. The Morgan fingerprint density at radius 1 is 1.65 bits per heavy atom. The van der Waals surface area contributed by atoms with Gasteiger partial charge in [0.25, 0.3) is 0 Å². The largest absolute Gasteiger partial charge is 0.464 e. The number of sulfone groups is 1. The molecule has 0 fully saturated rings. The maximum Gasteiger partial charge on any atom is 0.360 e. The van der Waals surface area contributed by atoms with Crippen molar-refractivity contribution in [2.24, 2.45) is 0 Å². The highest BCUT2D eigenvalue weighted by Gasteiger charge is 2.26. The quantitative estimate of drug-likeness (QED) is 0.731. The molecule has 8 heteroatoms. The minimum atomic E-state index is -3.18. The number of nitrogens with two attached hydrogens (primary N) is 1. The predicted molar refractivity (Wildman–Crippen MR) is 59.9 cm³/mol. The van der Waals surface area contributed by atoms with Gasteiger partial charge in [-0.15, -0.1) is 0 Å². The van der Waals surface area contributed by atoms with E-state index in [1.54, 1.807) is 0 Å². The maximum absolute atomic E-state index is 11.3. The van der Waals surface area contributed by atoms with Gasteiger partial charge in [0, 0.05) is 5.41 Å². The molecule has 2 N–H and O–H groups in total. The van der Waals surface area contributed by atoms with E-state index in [0.717, 1.165) is 5.41 Å².